The number of hydrogen-bond acceptors (Lipinski definition) is 4. The Balaban J connectivity index is 1.42. The fourth-order valence-electron chi connectivity index (χ4n) is 3.53. The maximum atomic E-state index is 13.0. The molecule has 0 aliphatic carbocycles. The van der Waals surface area contributed by atoms with Gasteiger partial charge in [0.05, 0.1) is 5.69 Å². The number of halogens is 1. The van der Waals surface area contributed by atoms with Gasteiger partial charge in [-0.3, -0.25) is 0 Å². The fraction of sp³-hybridized carbons (Fsp3) is 0.261. The van der Waals surface area contributed by atoms with E-state index in [4.69, 9.17) is 0 Å². The number of hydrogen-bond donors (Lipinski definition) is 2. The summed E-state index contributed by atoms with van der Waals surface area (Å²) in [7, 11) is 0. The smallest absolute Gasteiger partial charge is 0.323 e. The second kappa shape index (κ2) is 9.35. The average molecular weight is 405 g/mol. The molecule has 1 aliphatic rings. The third kappa shape index (κ3) is 5.11. The lowest BCUT2D eigenvalue weighted by Gasteiger charge is -2.20. The molecule has 154 valence electrons. The van der Waals surface area contributed by atoms with E-state index in [1.807, 2.05) is 30.3 Å². The number of nitrogens with one attached hydrogen (secondary N) is 2. The lowest BCUT2D eigenvalue weighted by Crippen LogP contribution is -2.25. The molecule has 0 spiro atoms. The Hall–Kier alpha value is -3.48. The number of aromatic nitrogens is 2. The minimum absolute atomic E-state index is 0.350. The quantitative estimate of drug-likeness (QED) is 0.617. The maximum Gasteiger partial charge on any atom is 0.323 e. The fourth-order valence-corrected chi connectivity index (χ4v) is 3.53. The summed E-state index contributed by atoms with van der Waals surface area (Å²) >= 11 is 0. The highest BCUT2D eigenvalue weighted by Gasteiger charge is 2.12. The molecule has 6 nitrogen and oxygen atoms in total. The van der Waals surface area contributed by atoms with Gasteiger partial charge in [-0.25, -0.2) is 9.18 Å². The van der Waals surface area contributed by atoms with Crippen molar-refractivity contribution < 1.29 is 9.18 Å². The lowest BCUT2D eigenvalue weighted by atomic mass is 10.1. The minimum Gasteiger partial charge on any atom is -0.355 e. The summed E-state index contributed by atoms with van der Waals surface area (Å²) in [5.41, 5.74) is 2.76. The van der Waals surface area contributed by atoms with Gasteiger partial charge in [-0.1, -0.05) is 25.0 Å². The highest BCUT2D eigenvalue weighted by Crippen LogP contribution is 2.23. The van der Waals surface area contributed by atoms with E-state index in [2.05, 4.69) is 25.7 Å². The first kappa shape index (κ1) is 19.8. The van der Waals surface area contributed by atoms with Crippen LogP contribution >= 0.6 is 0 Å². The predicted molar refractivity (Wildman–Crippen MR) is 117 cm³/mol. The van der Waals surface area contributed by atoms with Gasteiger partial charge < -0.3 is 15.5 Å². The molecule has 7 heteroatoms. The van der Waals surface area contributed by atoms with E-state index in [-0.39, 0.29) is 5.82 Å². The molecule has 0 bridgehead atoms. The molecular weight excluding hydrogens is 381 g/mol. The topological polar surface area (TPSA) is 70.2 Å². The molecule has 1 aliphatic heterocycles. The molecule has 0 atom stereocenters. The van der Waals surface area contributed by atoms with Crippen molar-refractivity contribution in [3.63, 3.8) is 0 Å². The highest BCUT2D eigenvalue weighted by atomic mass is 19.1. The van der Waals surface area contributed by atoms with Crippen molar-refractivity contribution in [2.75, 3.05) is 28.6 Å². The summed E-state index contributed by atoms with van der Waals surface area (Å²) in [6.45, 7) is 2.05. The van der Waals surface area contributed by atoms with Crippen LogP contribution in [0.4, 0.5) is 26.4 Å². The van der Waals surface area contributed by atoms with Gasteiger partial charge in [0, 0.05) is 30.0 Å². The minimum atomic E-state index is -0.402. The maximum absolute atomic E-state index is 13.0. The van der Waals surface area contributed by atoms with Crippen LogP contribution in [-0.4, -0.2) is 29.3 Å². The van der Waals surface area contributed by atoms with Crippen molar-refractivity contribution >= 4 is 23.2 Å². The number of amides is 2. The number of carbonyl (C=O) groups excluding carboxylic acids is 1. The molecule has 4 rings (SSSR count). The molecule has 1 fully saturated rings. The van der Waals surface area contributed by atoms with Gasteiger partial charge in [-0.2, -0.15) is 0 Å². The van der Waals surface area contributed by atoms with Crippen molar-refractivity contribution in [3.8, 4) is 11.3 Å². The molecule has 30 heavy (non-hydrogen) atoms. The van der Waals surface area contributed by atoms with Crippen molar-refractivity contribution in [2.45, 2.75) is 25.7 Å². The second-order valence-electron chi connectivity index (χ2n) is 7.34. The largest absolute Gasteiger partial charge is 0.355 e. The van der Waals surface area contributed by atoms with Gasteiger partial charge in [-0.05, 0) is 61.4 Å². The van der Waals surface area contributed by atoms with Gasteiger partial charge in [0.1, 0.15) is 5.82 Å². The van der Waals surface area contributed by atoms with E-state index < -0.39 is 6.03 Å². The van der Waals surface area contributed by atoms with Gasteiger partial charge >= 0.3 is 6.03 Å². The van der Waals surface area contributed by atoms with Crippen LogP contribution in [0.2, 0.25) is 0 Å². The summed E-state index contributed by atoms with van der Waals surface area (Å²) < 4.78 is 13.0. The predicted octanol–water partition coefficient (Wildman–Crippen LogP) is 5.31. The van der Waals surface area contributed by atoms with Gasteiger partial charge in [0.25, 0.3) is 0 Å². The van der Waals surface area contributed by atoms with Gasteiger partial charge in [-0.15, -0.1) is 10.2 Å². The van der Waals surface area contributed by atoms with E-state index >= 15 is 0 Å². The molecule has 2 amide bonds. The Morgan fingerprint density at radius 2 is 1.57 bits per heavy atom. The monoisotopic (exact) mass is 405 g/mol. The first-order valence-corrected chi connectivity index (χ1v) is 10.2. The molecule has 0 radical (unpaired) electrons. The number of nitrogens with zero attached hydrogens (tertiary/aromatic N) is 3. The molecule has 2 aromatic carbocycles. The zero-order valence-corrected chi connectivity index (χ0v) is 16.6. The molecule has 2 heterocycles. The third-order valence-electron chi connectivity index (χ3n) is 5.10. The van der Waals surface area contributed by atoms with Crippen molar-refractivity contribution in [2.24, 2.45) is 0 Å². The van der Waals surface area contributed by atoms with Crippen molar-refractivity contribution in [1.29, 1.82) is 0 Å². The lowest BCUT2D eigenvalue weighted by molar-refractivity contribution is 0.262. The average Bonchev–Trinajstić information content (AvgIpc) is 3.05. The normalized spacial score (nSPS) is 14.1. The van der Waals surface area contributed by atoms with Gasteiger partial charge in [0.15, 0.2) is 5.82 Å². The van der Waals surface area contributed by atoms with Crippen molar-refractivity contribution in [1.82, 2.24) is 10.2 Å². The molecule has 1 aromatic heterocycles. The van der Waals surface area contributed by atoms with E-state index in [0.717, 1.165) is 30.2 Å². The van der Waals surface area contributed by atoms with Crippen LogP contribution < -0.4 is 15.5 Å². The number of rotatable bonds is 4. The summed E-state index contributed by atoms with van der Waals surface area (Å²) in [5.74, 6) is 0.560. The molecular formula is C23H24FN5O. The second-order valence-corrected chi connectivity index (χ2v) is 7.34. The van der Waals surface area contributed by atoms with E-state index in [9.17, 15) is 9.18 Å². The Kier molecular flexibility index (Phi) is 6.17. The SMILES string of the molecule is O=C(Nc1ccc(F)cc1)Nc1cccc(-c2ccc(N3CCCCCC3)nn2)c1. The van der Waals surface area contributed by atoms with Crippen LogP contribution in [0.15, 0.2) is 60.7 Å². The van der Waals surface area contributed by atoms with Crippen LogP contribution in [-0.2, 0) is 0 Å². The number of carbonyl (C=O) groups is 1. The van der Waals surface area contributed by atoms with E-state index in [1.165, 1.54) is 49.9 Å². The van der Waals surface area contributed by atoms with Gasteiger partial charge in [0.2, 0.25) is 0 Å². The van der Waals surface area contributed by atoms with Crippen LogP contribution in [0.1, 0.15) is 25.7 Å². The summed E-state index contributed by atoms with van der Waals surface area (Å²) in [5, 5.41) is 14.3. The Bertz CT molecular complexity index is 983. The zero-order valence-electron chi connectivity index (χ0n) is 16.6. The molecule has 1 saturated heterocycles. The first-order chi connectivity index (χ1) is 14.7. The standard InChI is InChI=1S/C23H24FN5O/c24-18-8-10-19(11-9-18)25-23(30)26-20-7-5-6-17(16-20)21-12-13-22(28-27-21)29-14-3-1-2-4-15-29/h5-13,16H,1-4,14-15H2,(H2,25,26,30). The molecule has 2 N–H and O–H groups in total. The summed E-state index contributed by atoms with van der Waals surface area (Å²) in [6.07, 6.45) is 4.93. The Labute approximate surface area is 175 Å². The Morgan fingerprint density at radius 3 is 2.27 bits per heavy atom. The molecule has 0 unspecified atom stereocenters. The van der Waals surface area contributed by atoms with Crippen LogP contribution in [0, 0.1) is 5.82 Å². The zero-order chi connectivity index (χ0) is 20.8. The van der Waals surface area contributed by atoms with Crippen LogP contribution in [0.3, 0.4) is 0 Å². The third-order valence-corrected chi connectivity index (χ3v) is 5.10. The number of benzene rings is 2. The molecule has 3 aromatic rings. The Morgan fingerprint density at radius 1 is 0.833 bits per heavy atom. The van der Waals surface area contributed by atoms with E-state index in [0.29, 0.717) is 11.4 Å². The summed E-state index contributed by atoms with van der Waals surface area (Å²) in [4.78, 5) is 14.5. The van der Waals surface area contributed by atoms with Crippen molar-refractivity contribution in [3.05, 3.63) is 66.5 Å². The molecule has 0 saturated carbocycles. The highest BCUT2D eigenvalue weighted by molar-refractivity contribution is 6.00. The number of urea groups is 1. The first-order valence-electron chi connectivity index (χ1n) is 10.2. The van der Waals surface area contributed by atoms with E-state index in [1.54, 1.807) is 6.07 Å². The van der Waals surface area contributed by atoms with Crippen LogP contribution in [0.5, 0.6) is 0 Å². The summed E-state index contributed by atoms with van der Waals surface area (Å²) in [6, 6.07) is 16.6. The number of anilines is 3. The van der Waals surface area contributed by atoms with Crippen LogP contribution in [0.25, 0.3) is 11.3 Å².